The molecule has 0 aromatic carbocycles. The van der Waals surface area contributed by atoms with E-state index >= 15 is 0 Å². The van der Waals surface area contributed by atoms with Crippen LogP contribution >= 0.6 is 0 Å². The van der Waals surface area contributed by atoms with Crippen LogP contribution in [0, 0.1) is 5.41 Å². The van der Waals surface area contributed by atoms with Crippen molar-refractivity contribution in [2.75, 3.05) is 13.2 Å². The lowest BCUT2D eigenvalue weighted by Crippen LogP contribution is -2.42. The largest absolute Gasteiger partial charge is 0.480 e. The Morgan fingerprint density at radius 2 is 2.06 bits per heavy atom. The fraction of sp³-hybridized carbons (Fsp3) is 0.923. The molecule has 1 unspecified atom stereocenters. The quantitative estimate of drug-likeness (QED) is 0.749. The van der Waals surface area contributed by atoms with Crippen LogP contribution in [0.4, 0.5) is 0 Å². The molecule has 0 amide bonds. The first-order valence-corrected chi connectivity index (χ1v) is 6.52. The van der Waals surface area contributed by atoms with E-state index in [1.807, 2.05) is 6.92 Å². The van der Waals surface area contributed by atoms with Crippen LogP contribution < -0.4 is 5.32 Å². The van der Waals surface area contributed by atoms with Crippen molar-refractivity contribution < 1.29 is 14.6 Å². The molecule has 4 heteroatoms. The van der Waals surface area contributed by atoms with Gasteiger partial charge in [-0.25, -0.2) is 0 Å². The van der Waals surface area contributed by atoms with Crippen molar-refractivity contribution in [1.82, 2.24) is 5.32 Å². The molecular weight excluding hydrogens is 218 g/mol. The number of hydrogen-bond donors (Lipinski definition) is 2. The average Bonchev–Trinajstić information content (AvgIpc) is 2.25. The van der Waals surface area contributed by atoms with Crippen LogP contribution in [0.25, 0.3) is 0 Å². The minimum absolute atomic E-state index is 0.239. The standard InChI is InChI=1S/C13H25NO3/c1-4-14-11(12(15)16)9-17-10-5-7-13(2,3)8-6-10/h10-11,14H,4-9H2,1-3H3,(H,15,16). The molecule has 4 nitrogen and oxygen atoms in total. The Kier molecular flexibility index (Phi) is 5.40. The number of aliphatic carboxylic acids is 1. The van der Waals surface area contributed by atoms with Crippen molar-refractivity contribution in [3.8, 4) is 0 Å². The van der Waals surface area contributed by atoms with E-state index in [1.54, 1.807) is 0 Å². The van der Waals surface area contributed by atoms with E-state index in [4.69, 9.17) is 9.84 Å². The Morgan fingerprint density at radius 3 is 2.53 bits per heavy atom. The average molecular weight is 243 g/mol. The SMILES string of the molecule is CCNC(COC1CCC(C)(C)CC1)C(=O)O. The summed E-state index contributed by atoms with van der Waals surface area (Å²) in [4.78, 5) is 10.9. The maximum absolute atomic E-state index is 10.9. The lowest BCUT2D eigenvalue weighted by Gasteiger charge is -2.34. The van der Waals surface area contributed by atoms with Gasteiger partial charge in [0.2, 0.25) is 0 Å². The molecule has 0 heterocycles. The van der Waals surface area contributed by atoms with Crippen LogP contribution in [0.3, 0.4) is 0 Å². The number of rotatable bonds is 6. The van der Waals surface area contributed by atoms with Crippen molar-refractivity contribution in [3.63, 3.8) is 0 Å². The maximum Gasteiger partial charge on any atom is 0.323 e. The van der Waals surface area contributed by atoms with Gasteiger partial charge in [-0.05, 0) is 37.6 Å². The highest BCUT2D eigenvalue weighted by Crippen LogP contribution is 2.36. The van der Waals surface area contributed by atoms with Gasteiger partial charge < -0.3 is 15.2 Å². The third kappa shape index (κ3) is 5.04. The van der Waals surface area contributed by atoms with Crippen molar-refractivity contribution in [2.24, 2.45) is 5.41 Å². The molecule has 0 radical (unpaired) electrons. The summed E-state index contributed by atoms with van der Waals surface area (Å²) < 4.78 is 5.71. The Bertz CT molecular complexity index is 243. The van der Waals surface area contributed by atoms with Crippen molar-refractivity contribution >= 4 is 5.97 Å². The van der Waals surface area contributed by atoms with Gasteiger partial charge in [0.1, 0.15) is 6.04 Å². The second-order valence-electron chi connectivity index (χ2n) is 5.65. The molecule has 17 heavy (non-hydrogen) atoms. The summed E-state index contributed by atoms with van der Waals surface area (Å²) in [7, 11) is 0. The zero-order valence-corrected chi connectivity index (χ0v) is 11.2. The van der Waals surface area contributed by atoms with E-state index in [2.05, 4.69) is 19.2 Å². The number of likely N-dealkylation sites (N-methyl/N-ethyl adjacent to an activating group) is 1. The zero-order chi connectivity index (χ0) is 12.9. The van der Waals surface area contributed by atoms with Gasteiger partial charge in [0.25, 0.3) is 0 Å². The number of carbonyl (C=O) groups is 1. The Labute approximate surface area is 104 Å². The summed E-state index contributed by atoms with van der Waals surface area (Å²) >= 11 is 0. The smallest absolute Gasteiger partial charge is 0.323 e. The van der Waals surface area contributed by atoms with Crippen molar-refractivity contribution in [2.45, 2.75) is 58.6 Å². The van der Waals surface area contributed by atoms with Gasteiger partial charge in [-0.2, -0.15) is 0 Å². The fourth-order valence-electron chi connectivity index (χ4n) is 2.24. The fourth-order valence-corrected chi connectivity index (χ4v) is 2.24. The number of ether oxygens (including phenoxy) is 1. The van der Waals surface area contributed by atoms with Crippen LogP contribution in [0.5, 0.6) is 0 Å². The van der Waals surface area contributed by atoms with Crippen LogP contribution in [0.2, 0.25) is 0 Å². The molecule has 0 aliphatic heterocycles. The summed E-state index contributed by atoms with van der Waals surface area (Å²) in [6.07, 6.45) is 4.66. The molecule has 1 aliphatic carbocycles. The molecular formula is C13H25NO3. The lowest BCUT2D eigenvalue weighted by molar-refractivity contribution is -0.142. The summed E-state index contributed by atoms with van der Waals surface area (Å²) in [5.41, 5.74) is 0.424. The summed E-state index contributed by atoms with van der Waals surface area (Å²) in [5, 5.41) is 11.9. The molecule has 0 saturated heterocycles. The highest BCUT2D eigenvalue weighted by Gasteiger charge is 2.28. The van der Waals surface area contributed by atoms with Crippen LogP contribution in [0.15, 0.2) is 0 Å². The molecule has 2 N–H and O–H groups in total. The minimum Gasteiger partial charge on any atom is -0.480 e. The number of hydrogen-bond acceptors (Lipinski definition) is 3. The number of nitrogens with one attached hydrogen (secondary N) is 1. The van der Waals surface area contributed by atoms with E-state index in [1.165, 1.54) is 0 Å². The predicted molar refractivity (Wildman–Crippen MR) is 67.1 cm³/mol. The molecule has 1 aliphatic rings. The molecule has 1 rings (SSSR count). The predicted octanol–water partition coefficient (Wildman–Crippen LogP) is 2.03. The zero-order valence-electron chi connectivity index (χ0n) is 11.2. The first kappa shape index (κ1) is 14.5. The molecule has 1 saturated carbocycles. The van der Waals surface area contributed by atoms with E-state index in [0.717, 1.165) is 25.7 Å². The minimum atomic E-state index is -0.831. The van der Waals surface area contributed by atoms with Crippen molar-refractivity contribution in [1.29, 1.82) is 0 Å². The molecule has 0 aromatic rings. The Balaban J connectivity index is 2.28. The van der Waals surface area contributed by atoms with Gasteiger partial charge in [0.15, 0.2) is 0 Å². The molecule has 0 bridgehead atoms. The van der Waals surface area contributed by atoms with Crippen LogP contribution in [-0.2, 0) is 9.53 Å². The normalized spacial score (nSPS) is 22.3. The highest BCUT2D eigenvalue weighted by atomic mass is 16.5. The number of carboxylic acids is 1. The van der Waals surface area contributed by atoms with Crippen LogP contribution in [0.1, 0.15) is 46.5 Å². The van der Waals surface area contributed by atoms with E-state index in [-0.39, 0.29) is 12.7 Å². The molecule has 0 aromatic heterocycles. The number of carboxylic acid groups (broad SMARTS) is 1. The third-order valence-electron chi connectivity index (χ3n) is 3.53. The van der Waals surface area contributed by atoms with Gasteiger partial charge in [-0.1, -0.05) is 20.8 Å². The molecule has 100 valence electrons. The summed E-state index contributed by atoms with van der Waals surface area (Å²) in [5.74, 6) is -0.831. The monoisotopic (exact) mass is 243 g/mol. The molecule has 1 atom stereocenters. The summed E-state index contributed by atoms with van der Waals surface area (Å²) in [6.45, 7) is 7.38. The second-order valence-corrected chi connectivity index (χ2v) is 5.65. The van der Waals surface area contributed by atoms with Gasteiger partial charge in [-0.3, -0.25) is 4.79 Å². The van der Waals surface area contributed by atoms with Crippen molar-refractivity contribution in [3.05, 3.63) is 0 Å². The first-order valence-electron chi connectivity index (χ1n) is 6.52. The highest BCUT2D eigenvalue weighted by molar-refractivity contribution is 5.73. The molecule has 1 fully saturated rings. The van der Waals surface area contributed by atoms with Gasteiger partial charge in [0.05, 0.1) is 12.7 Å². The van der Waals surface area contributed by atoms with E-state index in [0.29, 0.717) is 12.0 Å². The Morgan fingerprint density at radius 1 is 1.47 bits per heavy atom. The topological polar surface area (TPSA) is 58.6 Å². The second kappa shape index (κ2) is 6.36. The van der Waals surface area contributed by atoms with Gasteiger partial charge in [-0.15, -0.1) is 0 Å². The maximum atomic E-state index is 10.9. The summed E-state index contributed by atoms with van der Waals surface area (Å²) in [6, 6.07) is -0.574. The first-order chi connectivity index (χ1) is 7.94. The van der Waals surface area contributed by atoms with Gasteiger partial charge in [0, 0.05) is 0 Å². The third-order valence-corrected chi connectivity index (χ3v) is 3.53. The lowest BCUT2D eigenvalue weighted by atomic mass is 9.76. The Hall–Kier alpha value is -0.610. The van der Waals surface area contributed by atoms with E-state index in [9.17, 15) is 4.79 Å². The van der Waals surface area contributed by atoms with E-state index < -0.39 is 12.0 Å². The molecule has 0 spiro atoms. The van der Waals surface area contributed by atoms with Crippen LogP contribution in [-0.4, -0.2) is 36.4 Å². The van der Waals surface area contributed by atoms with Gasteiger partial charge >= 0.3 is 5.97 Å².